The molecule has 0 fully saturated rings. The van der Waals surface area contributed by atoms with Crippen molar-refractivity contribution in [1.82, 2.24) is 9.78 Å². The van der Waals surface area contributed by atoms with Gasteiger partial charge < -0.3 is 5.11 Å². The highest BCUT2D eigenvalue weighted by Gasteiger charge is 2.27. The quantitative estimate of drug-likeness (QED) is 0.841. The van der Waals surface area contributed by atoms with Crippen molar-refractivity contribution in [3.05, 3.63) is 50.2 Å². The monoisotopic (exact) mass is 400 g/mol. The van der Waals surface area contributed by atoms with Gasteiger partial charge in [-0.3, -0.25) is 4.68 Å². The molecule has 20 heavy (non-hydrogen) atoms. The van der Waals surface area contributed by atoms with Crippen LogP contribution in [0.25, 0.3) is 0 Å². The molecule has 0 aliphatic rings. The Bertz CT molecular complexity index is 603. The molecule has 1 atom stereocenters. The van der Waals surface area contributed by atoms with Gasteiger partial charge in [-0.25, -0.2) is 0 Å². The van der Waals surface area contributed by atoms with Crippen LogP contribution in [-0.2, 0) is 25.5 Å². The molecule has 1 unspecified atom stereocenters. The van der Waals surface area contributed by atoms with Gasteiger partial charge in [-0.15, -0.1) is 0 Å². The first-order valence-corrected chi connectivity index (χ1v) is 8.12. The number of aliphatic hydroxyl groups is 1. The minimum atomic E-state index is -0.929. The lowest BCUT2D eigenvalue weighted by atomic mass is 9.91. The molecule has 1 N–H and O–H groups in total. The van der Waals surface area contributed by atoms with Gasteiger partial charge in [0.25, 0.3) is 0 Å². The number of nitrogens with zero attached hydrogens (tertiary/aromatic N) is 2. The Morgan fingerprint density at radius 1 is 1.25 bits per heavy atom. The van der Waals surface area contributed by atoms with Gasteiger partial charge in [0.1, 0.15) is 0 Å². The zero-order chi connectivity index (χ0) is 14.9. The van der Waals surface area contributed by atoms with Gasteiger partial charge in [-0.1, -0.05) is 35.0 Å². The normalized spacial score (nSPS) is 14.3. The molecule has 0 saturated carbocycles. The Balaban J connectivity index is 2.32. The van der Waals surface area contributed by atoms with Crippen LogP contribution in [0.1, 0.15) is 30.8 Å². The molecule has 5 heteroatoms. The lowest BCUT2D eigenvalue weighted by Crippen LogP contribution is -2.25. The van der Waals surface area contributed by atoms with Crippen LogP contribution in [0.5, 0.6) is 0 Å². The average Bonchev–Trinajstić information content (AvgIpc) is 2.66. The van der Waals surface area contributed by atoms with Gasteiger partial charge >= 0.3 is 0 Å². The maximum Gasteiger partial charge on any atom is 0.0924 e. The van der Waals surface area contributed by atoms with E-state index in [4.69, 9.17) is 0 Å². The fourth-order valence-electron chi connectivity index (χ4n) is 2.25. The second-order valence-corrected chi connectivity index (χ2v) is 6.85. The third kappa shape index (κ3) is 3.15. The van der Waals surface area contributed by atoms with Crippen LogP contribution >= 0.6 is 31.9 Å². The van der Waals surface area contributed by atoms with Crippen LogP contribution in [0.2, 0.25) is 0 Å². The SMILES string of the molecule is CCc1nn(C)c(CC(C)(O)c2ccc(Br)cc2)c1Br. The van der Waals surface area contributed by atoms with Crippen molar-refractivity contribution in [3.63, 3.8) is 0 Å². The summed E-state index contributed by atoms with van der Waals surface area (Å²) in [6, 6.07) is 7.77. The zero-order valence-corrected chi connectivity index (χ0v) is 15.0. The molecule has 1 aromatic heterocycles. The van der Waals surface area contributed by atoms with E-state index in [0.717, 1.165) is 32.3 Å². The van der Waals surface area contributed by atoms with Gasteiger partial charge in [-0.05, 0) is 47.0 Å². The van der Waals surface area contributed by atoms with Crippen molar-refractivity contribution in [2.24, 2.45) is 7.05 Å². The molecule has 0 bridgehead atoms. The first-order valence-electron chi connectivity index (χ1n) is 6.54. The first-order chi connectivity index (χ1) is 9.35. The molecule has 108 valence electrons. The van der Waals surface area contributed by atoms with Crippen LogP contribution in [0.4, 0.5) is 0 Å². The number of hydrogen-bond acceptors (Lipinski definition) is 2. The summed E-state index contributed by atoms with van der Waals surface area (Å²) >= 11 is 7.01. The molecular formula is C15H18Br2N2O. The van der Waals surface area contributed by atoms with Crippen molar-refractivity contribution in [2.75, 3.05) is 0 Å². The van der Waals surface area contributed by atoms with E-state index in [1.54, 1.807) is 0 Å². The molecule has 0 spiro atoms. The third-order valence-corrected chi connectivity index (χ3v) is 4.92. The minimum Gasteiger partial charge on any atom is -0.385 e. The molecule has 3 nitrogen and oxygen atoms in total. The second kappa shape index (κ2) is 6.00. The third-order valence-electron chi connectivity index (χ3n) is 3.48. The molecule has 2 rings (SSSR count). The maximum atomic E-state index is 10.8. The fourth-order valence-corrected chi connectivity index (χ4v) is 3.27. The van der Waals surface area contributed by atoms with Crippen molar-refractivity contribution in [3.8, 4) is 0 Å². The van der Waals surface area contributed by atoms with Gasteiger partial charge in [-0.2, -0.15) is 5.10 Å². The summed E-state index contributed by atoms with van der Waals surface area (Å²) in [5.74, 6) is 0. The molecule has 2 aromatic rings. The number of rotatable bonds is 4. The summed E-state index contributed by atoms with van der Waals surface area (Å²) in [6.45, 7) is 3.91. The smallest absolute Gasteiger partial charge is 0.0924 e. The second-order valence-electron chi connectivity index (χ2n) is 5.14. The Kier molecular flexibility index (Phi) is 4.72. The van der Waals surface area contributed by atoms with Crippen molar-refractivity contribution in [1.29, 1.82) is 0 Å². The van der Waals surface area contributed by atoms with Crippen LogP contribution in [0.15, 0.2) is 33.2 Å². The maximum absolute atomic E-state index is 10.8. The average molecular weight is 402 g/mol. The van der Waals surface area contributed by atoms with Gasteiger partial charge in [0, 0.05) is 17.9 Å². The van der Waals surface area contributed by atoms with E-state index in [0.29, 0.717) is 6.42 Å². The fraction of sp³-hybridized carbons (Fsp3) is 0.400. The first kappa shape index (κ1) is 15.7. The van der Waals surface area contributed by atoms with E-state index in [1.165, 1.54) is 0 Å². The van der Waals surface area contributed by atoms with E-state index in [2.05, 4.69) is 43.9 Å². The molecule has 0 amide bonds. The predicted molar refractivity (Wildman–Crippen MR) is 87.7 cm³/mol. The molecule has 1 heterocycles. The van der Waals surface area contributed by atoms with E-state index in [9.17, 15) is 5.11 Å². The van der Waals surface area contributed by atoms with Gasteiger partial charge in [0.05, 0.1) is 21.5 Å². The highest BCUT2D eigenvalue weighted by atomic mass is 79.9. The largest absolute Gasteiger partial charge is 0.385 e. The van der Waals surface area contributed by atoms with Gasteiger partial charge in [0.15, 0.2) is 0 Å². The summed E-state index contributed by atoms with van der Waals surface area (Å²) in [4.78, 5) is 0. The summed E-state index contributed by atoms with van der Waals surface area (Å²) in [6.07, 6.45) is 1.38. The Hall–Kier alpha value is -0.650. The topological polar surface area (TPSA) is 38.0 Å². The van der Waals surface area contributed by atoms with Crippen molar-refractivity contribution in [2.45, 2.75) is 32.3 Å². The molecule has 0 aliphatic carbocycles. The van der Waals surface area contributed by atoms with Crippen LogP contribution in [-0.4, -0.2) is 14.9 Å². The van der Waals surface area contributed by atoms with E-state index >= 15 is 0 Å². The zero-order valence-electron chi connectivity index (χ0n) is 11.8. The molecule has 1 aromatic carbocycles. The highest BCUT2D eigenvalue weighted by molar-refractivity contribution is 9.10. The molecule has 0 radical (unpaired) electrons. The van der Waals surface area contributed by atoms with E-state index in [1.807, 2.05) is 42.9 Å². The Morgan fingerprint density at radius 2 is 1.85 bits per heavy atom. The predicted octanol–water partition coefficient (Wildman–Crippen LogP) is 3.96. The van der Waals surface area contributed by atoms with Crippen molar-refractivity contribution < 1.29 is 5.11 Å². The van der Waals surface area contributed by atoms with Crippen LogP contribution in [0.3, 0.4) is 0 Å². The number of aryl methyl sites for hydroxylation is 2. The number of hydrogen-bond donors (Lipinski definition) is 1. The number of halogens is 2. The lowest BCUT2D eigenvalue weighted by molar-refractivity contribution is 0.0554. The van der Waals surface area contributed by atoms with E-state index < -0.39 is 5.60 Å². The highest BCUT2D eigenvalue weighted by Crippen LogP contribution is 2.31. The van der Waals surface area contributed by atoms with E-state index in [-0.39, 0.29) is 0 Å². The molecule has 0 saturated heterocycles. The molecular weight excluding hydrogens is 384 g/mol. The van der Waals surface area contributed by atoms with Gasteiger partial charge in [0.2, 0.25) is 0 Å². The summed E-state index contributed by atoms with van der Waals surface area (Å²) < 4.78 is 3.85. The number of benzene rings is 1. The molecule has 0 aliphatic heterocycles. The lowest BCUT2D eigenvalue weighted by Gasteiger charge is -2.24. The van der Waals surface area contributed by atoms with Crippen molar-refractivity contribution >= 4 is 31.9 Å². The summed E-state index contributed by atoms with van der Waals surface area (Å²) in [5.41, 5.74) is 2.00. The number of aromatic nitrogens is 2. The van der Waals surface area contributed by atoms with Crippen LogP contribution < -0.4 is 0 Å². The Morgan fingerprint density at radius 3 is 2.35 bits per heavy atom. The minimum absolute atomic E-state index is 0.513. The summed E-state index contributed by atoms with van der Waals surface area (Å²) in [7, 11) is 1.91. The Labute approximate surface area is 136 Å². The van der Waals surface area contributed by atoms with Crippen LogP contribution in [0, 0.1) is 0 Å². The standard InChI is InChI=1S/C15H18Br2N2O/c1-4-12-14(17)13(19(3)18-12)9-15(2,20)10-5-7-11(16)8-6-10/h5-8,20H,4,9H2,1-3H3. The summed E-state index contributed by atoms with van der Waals surface area (Å²) in [5, 5.41) is 15.3.